The van der Waals surface area contributed by atoms with E-state index >= 15 is 0 Å². The van der Waals surface area contributed by atoms with Crippen molar-refractivity contribution in [3.8, 4) is 0 Å². The summed E-state index contributed by atoms with van der Waals surface area (Å²) in [5.41, 5.74) is 10.4. The van der Waals surface area contributed by atoms with Crippen LogP contribution in [0.15, 0.2) is 11.1 Å². The molecule has 10 N–H and O–H groups in total. The summed E-state index contributed by atoms with van der Waals surface area (Å²) in [5.74, 6) is -0.241. The molecular formula is C14H24N7O12P2+. The van der Waals surface area contributed by atoms with Crippen molar-refractivity contribution >= 4 is 38.9 Å². The van der Waals surface area contributed by atoms with Crippen molar-refractivity contribution in [2.75, 3.05) is 25.4 Å². The molecule has 19 nitrogen and oxygen atoms in total. The quantitative estimate of drug-likeness (QED) is 0.113. The Morgan fingerprint density at radius 2 is 2.09 bits per heavy atom. The number of nitrogens with one attached hydrogen (secondary N) is 2. The molecule has 1 fully saturated rings. The van der Waals surface area contributed by atoms with Crippen molar-refractivity contribution in [3.05, 3.63) is 16.7 Å². The second-order valence-electron chi connectivity index (χ2n) is 7.23. The first-order valence-electron chi connectivity index (χ1n) is 9.70. The van der Waals surface area contributed by atoms with E-state index in [0.717, 1.165) is 0 Å². The van der Waals surface area contributed by atoms with Crippen molar-refractivity contribution in [2.45, 2.75) is 24.5 Å². The number of ether oxygens (including phenoxy) is 2. The fourth-order valence-corrected chi connectivity index (χ4v) is 4.93. The number of aliphatic hydroxyl groups excluding tert-OH is 1. The van der Waals surface area contributed by atoms with Gasteiger partial charge in [-0.3, -0.25) is 18.9 Å². The standard InChI is InChI=1S/C14H23N7O12P2/c1-20-5-21(10-7(20)11(23)19-13(16)18-10)12-9(32-14(24)17-3-2-15)8(22)6(31-12)4-30-35(28,29)33-34(25,26)27/h5-6,8-9,12,22H,2-4,15H2,1H3,(H6-,16,17,18,19,23,24,25,26,27,28,29)/p+1/t6-,8-,9-,12-/m1/s1. The van der Waals surface area contributed by atoms with E-state index in [1.807, 2.05) is 0 Å². The fraction of sp³-hybridized carbons (Fsp3) is 0.571. The molecule has 1 aliphatic heterocycles. The Morgan fingerprint density at radius 1 is 1.40 bits per heavy atom. The summed E-state index contributed by atoms with van der Waals surface area (Å²) in [6, 6.07) is 0. The molecule has 1 aliphatic rings. The minimum Gasteiger partial charge on any atom is -0.437 e. The Balaban J connectivity index is 1.93. The van der Waals surface area contributed by atoms with Gasteiger partial charge in [0.1, 0.15) is 12.2 Å². The summed E-state index contributed by atoms with van der Waals surface area (Å²) in [6.45, 7) is -0.784. The number of carbonyl (C=O) groups excluding carboxylic acids is 1. The molecule has 1 amide bonds. The first kappa shape index (κ1) is 27.2. The van der Waals surface area contributed by atoms with E-state index in [9.17, 15) is 28.7 Å². The van der Waals surface area contributed by atoms with Gasteiger partial charge in [0.15, 0.2) is 12.4 Å². The van der Waals surface area contributed by atoms with E-state index in [4.69, 9.17) is 30.7 Å². The van der Waals surface area contributed by atoms with Gasteiger partial charge in [-0.1, -0.05) is 4.98 Å². The van der Waals surface area contributed by atoms with Crippen molar-refractivity contribution in [1.29, 1.82) is 0 Å². The van der Waals surface area contributed by atoms with Crippen molar-refractivity contribution in [3.63, 3.8) is 0 Å². The molecule has 1 unspecified atom stereocenters. The van der Waals surface area contributed by atoms with E-state index < -0.39 is 58.4 Å². The number of nitrogens with zero attached hydrogens (tertiary/aromatic N) is 3. The summed E-state index contributed by atoms with van der Waals surface area (Å²) in [6.07, 6.45) is -5.66. The molecule has 0 radical (unpaired) electrons. The van der Waals surface area contributed by atoms with E-state index in [1.54, 1.807) is 0 Å². The van der Waals surface area contributed by atoms with E-state index in [-0.39, 0.29) is 30.2 Å². The van der Waals surface area contributed by atoms with Crippen LogP contribution in [0.25, 0.3) is 11.2 Å². The Morgan fingerprint density at radius 3 is 2.71 bits per heavy atom. The molecule has 3 rings (SSSR count). The number of phosphoric ester groups is 1. The number of aryl methyl sites for hydroxylation is 1. The molecule has 5 atom stereocenters. The van der Waals surface area contributed by atoms with Crippen molar-refractivity contribution in [1.82, 2.24) is 19.9 Å². The predicted molar refractivity (Wildman–Crippen MR) is 112 cm³/mol. The average molecular weight is 544 g/mol. The van der Waals surface area contributed by atoms with Crippen LogP contribution >= 0.6 is 15.6 Å². The predicted octanol–water partition coefficient (Wildman–Crippen LogP) is -3.33. The molecule has 2 aromatic heterocycles. The van der Waals surface area contributed by atoms with Gasteiger partial charge in [-0.25, -0.2) is 18.5 Å². The number of alkyl carbamates (subject to hydrolysis) is 1. The molecule has 0 aromatic carbocycles. The van der Waals surface area contributed by atoms with Gasteiger partial charge < -0.3 is 46.0 Å². The highest BCUT2D eigenvalue weighted by Crippen LogP contribution is 2.57. The molecular weight excluding hydrogens is 520 g/mol. The van der Waals surface area contributed by atoms with Crippen molar-refractivity contribution in [2.24, 2.45) is 12.8 Å². The average Bonchev–Trinajstić information content (AvgIpc) is 3.20. The number of H-pyrrole nitrogens is 1. The largest absolute Gasteiger partial charge is 0.481 e. The first-order chi connectivity index (χ1) is 16.2. The van der Waals surface area contributed by atoms with Crippen LogP contribution in [0.3, 0.4) is 0 Å². The maximum Gasteiger partial charge on any atom is 0.481 e. The van der Waals surface area contributed by atoms with Crippen molar-refractivity contribution < 1.29 is 56.6 Å². The molecule has 21 heteroatoms. The number of phosphoric acid groups is 2. The topological polar surface area (TPSA) is 288 Å². The zero-order chi connectivity index (χ0) is 26.1. The van der Waals surface area contributed by atoms with E-state index in [2.05, 4.69) is 24.1 Å². The number of hydrogen-bond acceptors (Lipinski definition) is 12. The molecule has 2 aromatic rings. The minimum atomic E-state index is -5.39. The smallest absolute Gasteiger partial charge is 0.437 e. The van der Waals surface area contributed by atoms with Gasteiger partial charge in [-0.15, -0.1) is 0 Å². The number of imidazole rings is 1. The normalized spacial score (nSPS) is 24.4. The van der Waals surface area contributed by atoms with Gasteiger partial charge >= 0.3 is 27.4 Å². The summed E-state index contributed by atoms with van der Waals surface area (Å²) in [7, 11) is -9.15. The molecule has 0 bridgehead atoms. The second-order valence-corrected chi connectivity index (χ2v) is 10.1. The van der Waals surface area contributed by atoms with Gasteiger partial charge in [0, 0.05) is 13.1 Å². The van der Waals surface area contributed by atoms with Crippen LogP contribution in [0.5, 0.6) is 0 Å². The highest BCUT2D eigenvalue weighted by atomic mass is 31.3. The highest BCUT2D eigenvalue weighted by Gasteiger charge is 2.51. The van der Waals surface area contributed by atoms with E-state index in [0.29, 0.717) is 0 Å². The Bertz CT molecular complexity index is 1240. The zero-order valence-corrected chi connectivity index (χ0v) is 19.7. The summed E-state index contributed by atoms with van der Waals surface area (Å²) in [4.78, 5) is 57.8. The number of nitrogen functional groups attached to an aromatic ring is 1. The van der Waals surface area contributed by atoms with Gasteiger partial charge in [0.2, 0.25) is 11.7 Å². The Hall–Kier alpha value is -2.44. The zero-order valence-electron chi connectivity index (χ0n) is 18.0. The fourth-order valence-electron chi connectivity index (χ4n) is 3.33. The lowest BCUT2D eigenvalue weighted by Crippen LogP contribution is -2.49. The van der Waals surface area contributed by atoms with Gasteiger partial charge in [-0.05, 0) is 0 Å². The SMILES string of the molecule is Cn1c[n+]([C@@H]2O[C@H](COP(=O)(O)OP(=O)(O)O)[C@@H](O)[C@H]2OC(=O)NCCN)c2nc(N)[nH]c(=O)c21. The third-order valence-corrected chi connectivity index (χ3v) is 6.80. The summed E-state index contributed by atoms with van der Waals surface area (Å²) >= 11 is 0. The third-order valence-electron chi connectivity index (χ3n) is 4.64. The Kier molecular flexibility index (Phi) is 7.97. The lowest BCUT2D eigenvalue weighted by molar-refractivity contribution is -0.745. The Labute approximate surface area is 195 Å². The van der Waals surface area contributed by atoms with E-state index in [1.165, 1.54) is 22.5 Å². The third kappa shape index (κ3) is 6.42. The van der Waals surface area contributed by atoms with Gasteiger partial charge in [0.05, 0.1) is 13.7 Å². The molecule has 0 aliphatic carbocycles. The number of hydrogen-bond donors (Lipinski definition) is 8. The summed E-state index contributed by atoms with van der Waals surface area (Å²) < 4.78 is 44.4. The van der Waals surface area contributed by atoms with Crippen LogP contribution < -0.4 is 26.9 Å². The van der Waals surface area contributed by atoms with Crippen LogP contribution in [0.1, 0.15) is 6.23 Å². The van der Waals surface area contributed by atoms with Gasteiger partial charge in [0.25, 0.3) is 11.5 Å². The first-order valence-corrected chi connectivity index (χ1v) is 12.7. The maximum atomic E-state index is 12.3. The lowest BCUT2D eigenvalue weighted by atomic mass is 10.1. The van der Waals surface area contributed by atoms with Crippen LogP contribution in [0.4, 0.5) is 10.7 Å². The molecule has 1 saturated heterocycles. The molecule has 196 valence electrons. The monoisotopic (exact) mass is 544 g/mol. The minimum absolute atomic E-state index is 0.0128. The van der Waals surface area contributed by atoms with Crippen LogP contribution in [-0.4, -0.2) is 78.4 Å². The summed E-state index contributed by atoms with van der Waals surface area (Å²) in [5, 5.41) is 13.1. The number of anilines is 1. The maximum absolute atomic E-state index is 12.3. The number of aliphatic hydroxyl groups is 1. The number of amides is 1. The number of nitrogens with two attached hydrogens (primary N) is 2. The number of fused-ring (bicyclic) bond motifs is 1. The number of carbonyl (C=O) groups is 1. The number of rotatable bonds is 9. The van der Waals surface area contributed by atoms with Gasteiger partial charge in [-0.2, -0.15) is 4.31 Å². The van der Waals surface area contributed by atoms with Crippen LogP contribution in [0, 0.1) is 0 Å². The highest BCUT2D eigenvalue weighted by molar-refractivity contribution is 7.60. The molecule has 0 saturated carbocycles. The lowest BCUT2D eigenvalue weighted by Gasteiger charge is -2.20. The number of aromatic amines is 1. The molecule has 35 heavy (non-hydrogen) atoms. The molecule has 0 spiro atoms. The van der Waals surface area contributed by atoms with Crippen LogP contribution in [0.2, 0.25) is 0 Å². The number of aromatic nitrogens is 4. The second kappa shape index (κ2) is 10.3. The molecule has 3 heterocycles. The van der Waals surface area contributed by atoms with Crippen LogP contribution in [-0.2, 0) is 34.5 Å².